The highest BCUT2D eigenvalue weighted by molar-refractivity contribution is 5.74. The van der Waals surface area contributed by atoms with Crippen LogP contribution in [0.1, 0.15) is 25.7 Å². The maximum absolute atomic E-state index is 12.0. The van der Waals surface area contributed by atoms with Gasteiger partial charge in [-0.2, -0.15) is 0 Å². The van der Waals surface area contributed by atoms with Crippen molar-refractivity contribution in [3.8, 4) is 0 Å². The van der Waals surface area contributed by atoms with Crippen molar-refractivity contribution in [1.82, 2.24) is 10.2 Å². The van der Waals surface area contributed by atoms with Gasteiger partial charge in [-0.3, -0.25) is 0 Å². The van der Waals surface area contributed by atoms with E-state index in [1.165, 1.54) is 0 Å². The molecular formula is C13H25N3O3. The summed E-state index contributed by atoms with van der Waals surface area (Å²) >= 11 is 0. The zero-order valence-corrected chi connectivity index (χ0v) is 11.7. The summed E-state index contributed by atoms with van der Waals surface area (Å²) in [6.07, 6.45) is 3.88. The van der Waals surface area contributed by atoms with E-state index in [0.717, 1.165) is 25.7 Å². The van der Waals surface area contributed by atoms with Gasteiger partial charge in [0.15, 0.2) is 0 Å². The van der Waals surface area contributed by atoms with Crippen LogP contribution in [0.15, 0.2) is 0 Å². The van der Waals surface area contributed by atoms with Crippen LogP contribution < -0.4 is 11.1 Å². The second-order valence-corrected chi connectivity index (χ2v) is 5.52. The minimum Gasteiger partial charge on any atom is -0.383 e. The Kier molecular flexibility index (Phi) is 5.01. The number of hydrogen-bond donors (Lipinski definition) is 2. The summed E-state index contributed by atoms with van der Waals surface area (Å²) < 4.78 is 10.9. The van der Waals surface area contributed by atoms with Crippen molar-refractivity contribution in [1.29, 1.82) is 0 Å². The van der Waals surface area contributed by atoms with Gasteiger partial charge < -0.3 is 25.4 Å². The first-order chi connectivity index (χ1) is 9.15. The lowest BCUT2D eigenvalue weighted by molar-refractivity contribution is -0.118. The molecule has 1 spiro atoms. The predicted octanol–water partition coefficient (Wildman–Crippen LogP) is 0.315. The smallest absolute Gasteiger partial charge is 0.317 e. The van der Waals surface area contributed by atoms with Crippen molar-refractivity contribution < 1.29 is 14.3 Å². The number of carbonyl (C=O) groups is 1. The minimum atomic E-state index is -0.160. The molecule has 6 heteroatoms. The van der Waals surface area contributed by atoms with Gasteiger partial charge in [0, 0.05) is 26.2 Å². The number of nitrogens with one attached hydrogen (secondary N) is 1. The summed E-state index contributed by atoms with van der Waals surface area (Å²) in [5.74, 6) is 0. The maximum Gasteiger partial charge on any atom is 0.317 e. The number of carbonyl (C=O) groups excluding carboxylic acids is 1. The third-order valence-corrected chi connectivity index (χ3v) is 4.06. The van der Waals surface area contributed by atoms with Gasteiger partial charge >= 0.3 is 6.03 Å². The molecule has 0 unspecified atom stereocenters. The Bertz CT molecular complexity index is 304. The van der Waals surface area contributed by atoms with Gasteiger partial charge in [-0.05, 0) is 25.7 Å². The molecule has 19 heavy (non-hydrogen) atoms. The van der Waals surface area contributed by atoms with E-state index in [1.807, 2.05) is 4.90 Å². The molecule has 0 aromatic rings. The second kappa shape index (κ2) is 6.54. The van der Waals surface area contributed by atoms with Crippen molar-refractivity contribution in [2.24, 2.45) is 5.73 Å². The van der Waals surface area contributed by atoms with E-state index in [2.05, 4.69) is 5.32 Å². The van der Waals surface area contributed by atoms with Crippen LogP contribution in [0.4, 0.5) is 4.79 Å². The van der Waals surface area contributed by atoms with Crippen LogP contribution in [0.2, 0.25) is 0 Å². The summed E-state index contributed by atoms with van der Waals surface area (Å²) in [5, 5.41) is 2.87. The minimum absolute atomic E-state index is 0.0189. The largest absolute Gasteiger partial charge is 0.383 e. The van der Waals surface area contributed by atoms with Crippen LogP contribution >= 0.6 is 0 Å². The maximum atomic E-state index is 12.0. The third-order valence-electron chi connectivity index (χ3n) is 4.06. The topological polar surface area (TPSA) is 76.8 Å². The number of ether oxygens (including phenoxy) is 2. The molecule has 1 saturated heterocycles. The van der Waals surface area contributed by atoms with Gasteiger partial charge in [0.1, 0.15) is 0 Å². The van der Waals surface area contributed by atoms with Crippen molar-refractivity contribution in [2.45, 2.75) is 37.3 Å². The lowest BCUT2D eigenvalue weighted by atomic mass is 9.81. The monoisotopic (exact) mass is 271 g/mol. The first kappa shape index (κ1) is 14.6. The SMILES string of the molecule is COCCNC(=O)N1CCOC2(CCC(N)CC2)C1. The van der Waals surface area contributed by atoms with Crippen molar-refractivity contribution in [2.75, 3.05) is 40.0 Å². The molecule has 6 nitrogen and oxygen atoms in total. The number of urea groups is 1. The van der Waals surface area contributed by atoms with Crippen molar-refractivity contribution in [3.05, 3.63) is 0 Å². The highest BCUT2D eigenvalue weighted by atomic mass is 16.5. The summed E-state index contributed by atoms with van der Waals surface area (Å²) in [7, 11) is 1.63. The number of rotatable bonds is 3. The number of morpholine rings is 1. The Morgan fingerprint density at radius 1 is 1.53 bits per heavy atom. The number of nitrogens with two attached hydrogens (primary N) is 1. The zero-order valence-electron chi connectivity index (χ0n) is 11.7. The molecule has 0 radical (unpaired) electrons. The molecular weight excluding hydrogens is 246 g/mol. The number of amides is 2. The molecule has 3 N–H and O–H groups in total. The molecule has 110 valence electrons. The first-order valence-electron chi connectivity index (χ1n) is 7.06. The molecule has 1 heterocycles. The van der Waals surface area contributed by atoms with E-state index in [-0.39, 0.29) is 11.6 Å². The lowest BCUT2D eigenvalue weighted by Gasteiger charge is -2.45. The van der Waals surface area contributed by atoms with E-state index < -0.39 is 0 Å². The third kappa shape index (κ3) is 3.81. The summed E-state index contributed by atoms with van der Waals surface area (Å²) in [4.78, 5) is 13.9. The summed E-state index contributed by atoms with van der Waals surface area (Å²) in [6, 6.07) is 0.273. The molecule has 1 aliphatic carbocycles. The second-order valence-electron chi connectivity index (χ2n) is 5.52. The van der Waals surface area contributed by atoms with Crippen molar-refractivity contribution in [3.63, 3.8) is 0 Å². The molecule has 1 saturated carbocycles. The predicted molar refractivity (Wildman–Crippen MR) is 72.0 cm³/mol. The fourth-order valence-electron chi connectivity index (χ4n) is 2.86. The molecule has 2 fully saturated rings. The average molecular weight is 271 g/mol. The number of hydrogen-bond acceptors (Lipinski definition) is 4. The van der Waals surface area contributed by atoms with Gasteiger partial charge in [-0.15, -0.1) is 0 Å². The Morgan fingerprint density at radius 3 is 2.95 bits per heavy atom. The van der Waals surface area contributed by atoms with E-state index in [1.54, 1.807) is 7.11 Å². The Hall–Kier alpha value is -0.850. The average Bonchev–Trinajstić information content (AvgIpc) is 2.43. The van der Waals surface area contributed by atoms with Gasteiger partial charge in [0.2, 0.25) is 0 Å². The van der Waals surface area contributed by atoms with E-state index >= 15 is 0 Å². The van der Waals surface area contributed by atoms with Gasteiger partial charge in [0.05, 0.1) is 25.4 Å². The van der Waals surface area contributed by atoms with Crippen molar-refractivity contribution >= 4 is 6.03 Å². The highest BCUT2D eigenvalue weighted by Gasteiger charge is 2.40. The Balaban J connectivity index is 1.84. The number of methoxy groups -OCH3 is 1. The lowest BCUT2D eigenvalue weighted by Crippen LogP contribution is -2.57. The standard InChI is InChI=1S/C13H25N3O3/c1-18-8-6-15-12(17)16-7-9-19-13(10-16)4-2-11(14)3-5-13/h11H,2-10,14H2,1H3,(H,15,17). The fraction of sp³-hybridized carbons (Fsp3) is 0.923. The molecule has 0 aromatic carbocycles. The molecule has 0 bridgehead atoms. The highest BCUT2D eigenvalue weighted by Crippen LogP contribution is 2.33. The van der Waals surface area contributed by atoms with Crippen LogP contribution in [-0.4, -0.2) is 62.5 Å². The number of nitrogens with zero attached hydrogens (tertiary/aromatic N) is 1. The van der Waals surface area contributed by atoms with Gasteiger partial charge in [-0.1, -0.05) is 0 Å². The normalized spacial score (nSPS) is 31.5. The first-order valence-corrected chi connectivity index (χ1v) is 7.06. The van der Waals surface area contributed by atoms with Crippen LogP contribution in [0, 0.1) is 0 Å². The Morgan fingerprint density at radius 2 is 2.26 bits per heavy atom. The molecule has 2 amide bonds. The van der Waals surface area contributed by atoms with Crippen LogP contribution in [0.3, 0.4) is 0 Å². The molecule has 1 aliphatic heterocycles. The van der Waals surface area contributed by atoms with E-state index in [9.17, 15) is 4.79 Å². The molecule has 2 aliphatic rings. The van der Waals surface area contributed by atoms with Crippen LogP contribution in [0.5, 0.6) is 0 Å². The zero-order chi connectivity index (χ0) is 13.7. The molecule has 0 atom stereocenters. The van der Waals surface area contributed by atoms with Gasteiger partial charge in [-0.25, -0.2) is 4.79 Å². The molecule has 0 aromatic heterocycles. The summed E-state index contributed by atoms with van der Waals surface area (Å²) in [6.45, 7) is 3.04. The van der Waals surface area contributed by atoms with Crippen LogP contribution in [0.25, 0.3) is 0 Å². The van der Waals surface area contributed by atoms with Crippen LogP contribution in [-0.2, 0) is 9.47 Å². The fourth-order valence-corrected chi connectivity index (χ4v) is 2.86. The molecule has 2 rings (SSSR count). The van der Waals surface area contributed by atoms with Gasteiger partial charge in [0.25, 0.3) is 0 Å². The van der Waals surface area contributed by atoms with E-state index in [0.29, 0.717) is 38.9 Å². The summed E-state index contributed by atoms with van der Waals surface area (Å²) in [5.41, 5.74) is 5.78. The van der Waals surface area contributed by atoms with E-state index in [4.69, 9.17) is 15.2 Å². The quantitative estimate of drug-likeness (QED) is 0.725. The Labute approximate surface area is 114 Å².